The Morgan fingerprint density at radius 3 is 2.17 bits per heavy atom. The summed E-state index contributed by atoms with van der Waals surface area (Å²) in [5.41, 5.74) is 0. The van der Waals surface area contributed by atoms with Crippen LogP contribution < -0.4 is 16.0 Å². The summed E-state index contributed by atoms with van der Waals surface area (Å²) in [5, 5.41) is 9.44. The Balaban J connectivity index is 0.00000529. The van der Waals surface area contributed by atoms with Crippen LogP contribution in [0.1, 0.15) is 46.0 Å². The van der Waals surface area contributed by atoms with Crippen molar-refractivity contribution in [1.82, 2.24) is 20.9 Å². The second-order valence-electron chi connectivity index (χ2n) is 6.48. The van der Waals surface area contributed by atoms with Crippen molar-refractivity contribution in [2.75, 3.05) is 46.3 Å². The van der Waals surface area contributed by atoms with E-state index in [0.717, 1.165) is 25.5 Å². The highest BCUT2D eigenvalue weighted by Crippen LogP contribution is 2.09. The maximum atomic E-state index is 11.5. The summed E-state index contributed by atoms with van der Waals surface area (Å²) in [6.07, 6.45) is 6.60. The molecule has 0 saturated carbocycles. The van der Waals surface area contributed by atoms with Crippen LogP contribution in [0.25, 0.3) is 0 Å². The molecular formula is C17H36IN5O. The lowest BCUT2D eigenvalue weighted by molar-refractivity contribution is -0.123. The Bertz CT molecular complexity index is 355. The molecule has 142 valence electrons. The number of halogens is 1. The van der Waals surface area contributed by atoms with Crippen molar-refractivity contribution in [3.8, 4) is 0 Å². The van der Waals surface area contributed by atoms with E-state index in [1.165, 1.54) is 38.8 Å². The molecule has 0 bridgehead atoms. The topological polar surface area (TPSA) is 68.8 Å². The fraction of sp³-hybridized carbons (Fsp3) is 0.882. The van der Waals surface area contributed by atoms with E-state index in [2.05, 4.69) is 25.8 Å². The van der Waals surface area contributed by atoms with Gasteiger partial charge in [0.1, 0.15) is 0 Å². The van der Waals surface area contributed by atoms with E-state index in [-0.39, 0.29) is 35.8 Å². The van der Waals surface area contributed by atoms with Crippen molar-refractivity contribution in [2.24, 2.45) is 10.9 Å². The van der Waals surface area contributed by atoms with Crippen LogP contribution >= 0.6 is 24.0 Å². The second-order valence-corrected chi connectivity index (χ2v) is 6.48. The quantitative estimate of drug-likeness (QED) is 0.227. The van der Waals surface area contributed by atoms with Gasteiger partial charge in [-0.25, -0.2) is 0 Å². The summed E-state index contributed by atoms with van der Waals surface area (Å²) in [5.74, 6) is 0.929. The van der Waals surface area contributed by atoms with Gasteiger partial charge in [-0.3, -0.25) is 9.79 Å². The number of nitrogens with one attached hydrogen (secondary N) is 3. The van der Waals surface area contributed by atoms with Crippen molar-refractivity contribution >= 4 is 35.8 Å². The molecule has 24 heavy (non-hydrogen) atoms. The molecule has 0 spiro atoms. The number of likely N-dealkylation sites (tertiary alicyclic amines) is 1. The van der Waals surface area contributed by atoms with Gasteiger partial charge in [0.05, 0.1) is 0 Å². The van der Waals surface area contributed by atoms with E-state index < -0.39 is 0 Å². The molecule has 0 radical (unpaired) electrons. The Kier molecular flexibility index (Phi) is 14.4. The number of carbonyl (C=O) groups is 1. The van der Waals surface area contributed by atoms with E-state index in [1.807, 2.05) is 13.8 Å². The summed E-state index contributed by atoms with van der Waals surface area (Å²) in [6.45, 7) is 9.69. The standard InChI is InChI=1S/C17H35N5O.HI/c1-15(2)16(23)19-10-11-21-17(18-3)20-9-8-14-22-12-6-4-5-7-13-22;/h15H,4-14H2,1-3H3,(H,19,23)(H2,18,20,21);1H. The minimum atomic E-state index is 0. The van der Waals surface area contributed by atoms with E-state index in [1.54, 1.807) is 7.05 Å². The first-order valence-electron chi connectivity index (χ1n) is 9.08. The molecule has 1 amide bonds. The average Bonchev–Trinajstić information content (AvgIpc) is 2.81. The fourth-order valence-corrected chi connectivity index (χ4v) is 2.66. The molecule has 3 N–H and O–H groups in total. The van der Waals surface area contributed by atoms with Crippen molar-refractivity contribution < 1.29 is 4.79 Å². The lowest BCUT2D eigenvalue weighted by Crippen LogP contribution is -2.42. The average molecular weight is 453 g/mol. The van der Waals surface area contributed by atoms with Gasteiger partial charge in [-0.1, -0.05) is 26.7 Å². The number of hydrogen-bond acceptors (Lipinski definition) is 3. The van der Waals surface area contributed by atoms with Crippen LogP contribution in [-0.2, 0) is 4.79 Å². The third-order valence-corrected chi connectivity index (χ3v) is 4.11. The summed E-state index contributed by atoms with van der Waals surface area (Å²) >= 11 is 0. The molecule has 1 rings (SSSR count). The van der Waals surface area contributed by atoms with E-state index >= 15 is 0 Å². The first-order valence-corrected chi connectivity index (χ1v) is 9.08. The van der Waals surface area contributed by atoms with Gasteiger partial charge in [-0.15, -0.1) is 24.0 Å². The van der Waals surface area contributed by atoms with E-state index in [9.17, 15) is 4.79 Å². The van der Waals surface area contributed by atoms with Crippen LogP contribution in [0.2, 0.25) is 0 Å². The SMILES string of the molecule is CN=C(NCCCN1CCCCCC1)NCCNC(=O)C(C)C.I. The zero-order valence-corrected chi connectivity index (χ0v) is 17.9. The van der Waals surface area contributed by atoms with Crippen LogP contribution in [0.3, 0.4) is 0 Å². The molecule has 0 aromatic carbocycles. The van der Waals surface area contributed by atoms with Gasteiger partial charge in [0.15, 0.2) is 5.96 Å². The number of amides is 1. The third-order valence-electron chi connectivity index (χ3n) is 4.11. The van der Waals surface area contributed by atoms with Gasteiger partial charge >= 0.3 is 0 Å². The summed E-state index contributed by atoms with van der Waals surface area (Å²) in [7, 11) is 1.77. The van der Waals surface area contributed by atoms with Crippen LogP contribution in [0.5, 0.6) is 0 Å². The largest absolute Gasteiger partial charge is 0.356 e. The van der Waals surface area contributed by atoms with Crippen LogP contribution in [-0.4, -0.2) is 63.1 Å². The lowest BCUT2D eigenvalue weighted by atomic mass is 10.2. The molecule has 1 aliphatic rings. The molecule has 0 aromatic rings. The number of hydrogen-bond donors (Lipinski definition) is 3. The van der Waals surface area contributed by atoms with Crippen LogP contribution in [0.4, 0.5) is 0 Å². The van der Waals surface area contributed by atoms with Crippen molar-refractivity contribution in [2.45, 2.75) is 46.0 Å². The second kappa shape index (κ2) is 14.7. The summed E-state index contributed by atoms with van der Waals surface area (Å²) < 4.78 is 0. The predicted molar refractivity (Wildman–Crippen MR) is 112 cm³/mol. The minimum Gasteiger partial charge on any atom is -0.356 e. The van der Waals surface area contributed by atoms with E-state index in [0.29, 0.717) is 13.1 Å². The number of rotatable bonds is 8. The first kappa shape index (κ1) is 23.4. The van der Waals surface area contributed by atoms with Gasteiger partial charge in [-0.2, -0.15) is 0 Å². The Labute approximate surface area is 164 Å². The highest BCUT2D eigenvalue weighted by molar-refractivity contribution is 14.0. The maximum absolute atomic E-state index is 11.5. The number of aliphatic imine (C=N–C) groups is 1. The minimum absolute atomic E-state index is 0. The number of carbonyl (C=O) groups excluding carboxylic acids is 1. The Morgan fingerprint density at radius 1 is 1.00 bits per heavy atom. The zero-order chi connectivity index (χ0) is 16.9. The predicted octanol–water partition coefficient (Wildman–Crippen LogP) is 1.81. The molecule has 1 fully saturated rings. The van der Waals surface area contributed by atoms with Gasteiger partial charge in [-0.05, 0) is 38.9 Å². The Morgan fingerprint density at radius 2 is 1.58 bits per heavy atom. The summed E-state index contributed by atoms with van der Waals surface area (Å²) in [6, 6.07) is 0. The van der Waals surface area contributed by atoms with Gasteiger partial charge in [0.2, 0.25) is 5.91 Å². The van der Waals surface area contributed by atoms with E-state index in [4.69, 9.17) is 0 Å². The normalized spacial score (nSPS) is 16.2. The maximum Gasteiger partial charge on any atom is 0.222 e. The molecule has 0 aromatic heterocycles. The molecule has 1 aliphatic heterocycles. The molecule has 1 heterocycles. The van der Waals surface area contributed by atoms with Crippen LogP contribution in [0.15, 0.2) is 4.99 Å². The number of guanidine groups is 1. The molecule has 7 heteroatoms. The molecular weight excluding hydrogens is 417 g/mol. The summed E-state index contributed by atoms with van der Waals surface area (Å²) in [4.78, 5) is 18.2. The van der Waals surface area contributed by atoms with Crippen molar-refractivity contribution in [3.05, 3.63) is 0 Å². The molecule has 1 saturated heterocycles. The highest BCUT2D eigenvalue weighted by atomic mass is 127. The van der Waals surface area contributed by atoms with Gasteiger partial charge < -0.3 is 20.9 Å². The van der Waals surface area contributed by atoms with Crippen molar-refractivity contribution in [3.63, 3.8) is 0 Å². The fourth-order valence-electron chi connectivity index (χ4n) is 2.66. The highest BCUT2D eigenvalue weighted by Gasteiger charge is 2.08. The monoisotopic (exact) mass is 453 g/mol. The smallest absolute Gasteiger partial charge is 0.222 e. The van der Waals surface area contributed by atoms with Gasteiger partial charge in [0, 0.05) is 32.6 Å². The van der Waals surface area contributed by atoms with Crippen LogP contribution in [0, 0.1) is 5.92 Å². The number of nitrogens with zero attached hydrogens (tertiary/aromatic N) is 2. The van der Waals surface area contributed by atoms with Gasteiger partial charge in [0.25, 0.3) is 0 Å². The first-order chi connectivity index (χ1) is 11.1. The Hall–Kier alpha value is -0.570. The molecule has 0 aliphatic carbocycles. The lowest BCUT2D eigenvalue weighted by Gasteiger charge is -2.20. The van der Waals surface area contributed by atoms with Crippen molar-refractivity contribution in [1.29, 1.82) is 0 Å². The molecule has 0 unspecified atom stereocenters. The molecule has 6 nitrogen and oxygen atoms in total. The third kappa shape index (κ3) is 11.1. The molecule has 0 atom stereocenters. The zero-order valence-electron chi connectivity index (χ0n) is 15.6.